The fourth-order valence-electron chi connectivity index (χ4n) is 1.27. The maximum atomic E-state index is 11.8. The second kappa shape index (κ2) is 6.74. The molecule has 0 atom stereocenters. The van der Waals surface area contributed by atoms with Crippen LogP contribution in [-0.4, -0.2) is 61.6 Å². The average molecular weight is 294 g/mol. The summed E-state index contributed by atoms with van der Waals surface area (Å²) in [5, 5.41) is 11.3. The van der Waals surface area contributed by atoms with E-state index in [2.05, 4.69) is 5.32 Å². The van der Waals surface area contributed by atoms with E-state index in [9.17, 15) is 18.0 Å². The number of aliphatic carboxylic acids is 1. The average Bonchev–Trinajstić information content (AvgIpc) is 2.21. The molecular formula is C11H22N2O5S. The number of urea groups is 1. The highest BCUT2D eigenvalue weighted by atomic mass is 32.2. The molecule has 0 saturated heterocycles. The number of nitrogens with one attached hydrogen (secondary N) is 1. The Morgan fingerprint density at radius 2 is 1.84 bits per heavy atom. The number of hydrogen-bond acceptors (Lipinski definition) is 4. The quantitative estimate of drug-likeness (QED) is 0.703. The van der Waals surface area contributed by atoms with Gasteiger partial charge in [0.25, 0.3) is 0 Å². The summed E-state index contributed by atoms with van der Waals surface area (Å²) < 4.78 is 22.0. The Morgan fingerprint density at radius 1 is 1.32 bits per heavy atom. The lowest BCUT2D eigenvalue weighted by molar-refractivity contribution is -0.137. The zero-order chi connectivity index (χ0) is 15.3. The highest BCUT2D eigenvalue weighted by Crippen LogP contribution is 2.11. The van der Waals surface area contributed by atoms with Crippen LogP contribution in [0.15, 0.2) is 0 Å². The van der Waals surface area contributed by atoms with Crippen molar-refractivity contribution in [1.82, 2.24) is 10.2 Å². The Kier molecular flexibility index (Phi) is 6.28. The fourth-order valence-corrected chi connectivity index (χ4v) is 1.88. The molecule has 112 valence electrons. The van der Waals surface area contributed by atoms with Crippen LogP contribution < -0.4 is 5.32 Å². The van der Waals surface area contributed by atoms with Crippen LogP contribution in [0.1, 0.15) is 26.7 Å². The van der Waals surface area contributed by atoms with Gasteiger partial charge in [0.05, 0.1) is 5.75 Å². The van der Waals surface area contributed by atoms with Crippen molar-refractivity contribution in [2.75, 3.05) is 25.6 Å². The van der Waals surface area contributed by atoms with Gasteiger partial charge < -0.3 is 15.3 Å². The summed E-state index contributed by atoms with van der Waals surface area (Å²) in [5.74, 6) is -1.03. The Bertz CT molecular complexity index is 430. The predicted octanol–water partition coefficient (Wildman–Crippen LogP) is 0.316. The molecule has 0 fully saturated rings. The first-order chi connectivity index (χ1) is 8.43. The number of nitrogens with zero attached hydrogens (tertiary/aromatic N) is 1. The van der Waals surface area contributed by atoms with E-state index in [0.717, 1.165) is 6.26 Å². The maximum Gasteiger partial charge on any atom is 0.317 e. The van der Waals surface area contributed by atoms with Crippen LogP contribution in [0.4, 0.5) is 4.79 Å². The third-order valence-corrected chi connectivity index (χ3v) is 3.48. The van der Waals surface area contributed by atoms with Crippen LogP contribution in [0, 0.1) is 0 Å². The zero-order valence-electron chi connectivity index (χ0n) is 11.8. The SMILES string of the molecule is CN(CCS(C)(=O)=O)C(=O)NC(C)(C)CCC(=O)O. The van der Waals surface area contributed by atoms with E-state index in [0.29, 0.717) is 6.42 Å². The largest absolute Gasteiger partial charge is 0.481 e. The molecule has 0 aromatic rings. The van der Waals surface area contributed by atoms with Gasteiger partial charge in [-0.3, -0.25) is 4.79 Å². The molecule has 0 aromatic heterocycles. The normalized spacial score (nSPS) is 12.0. The molecule has 0 aliphatic carbocycles. The molecular weight excluding hydrogens is 272 g/mol. The summed E-state index contributed by atoms with van der Waals surface area (Å²) >= 11 is 0. The van der Waals surface area contributed by atoms with Crippen molar-refractivity contribution in [3.63, 3.8) is 0 Å². The van der Waals surface area contributed by atoms with Gasteiger partial charge in [0.1, 0.15) is 9.84 Å². The Hall–Kier alpha value is -1.31. The molecule has 0 aromatic carbocycles. The minimum atomic E-state index is -3.12. The summed E-state index contributed by atoms with van der Waals surface area (Å²) in [7, 11) is -1.62. The lowest BCUT2D eigenvalue weighted by atomic mass is 9.99. The van der Waals surface area contributed by atoms with E-state index in [1.807, 2.05) is 0 Å². The van der Waals surface area contributed by atoms with Crippen LogP contribution in [-0.2, 0) is 14.6 Å². The number of carbonyl (C=O) groups is 2. The smallest absolute Gasteiger partial charge is 0.317 e. The highest BCUT2D eigenvalue weighted by Gasteiger charge is 2.23. The Morgan fingerprint density at radius 3 is 2.26 bits per heavy atom. The minimum Gasteiger partial charge on any atom is -0.481 e. The van der Waals surface area contributed by atoms with Crippen LogP contribution >= 0.6 is 0 Å². The first-order valence-electron chi connectivity index (χ1n) is 5.86. The lowest BCUT2D eigenvalue weighted by Gasteiger charge is -2.28. The number of carboxylic acids is 1. The number of amides is 2. The number of hydrogen-bond donors (Lipinski definition) is 2. The standard InChI is InChI=1S/C11H22N2O5S/c1-11(2,6-5-9(14)15)12-10(16)13(3)7-8-19(4,17)18/h5-8H2,1-4H3,(H,12,16)(H,14,15). The summed E-state index contributed by atoms with van der Waals surface area (Å²) in [5.41, 5.74) is -0.658. The van der Waals surface area contributed by atoms with E-state index in [4.69, 9.17) is 5.11 Å². The predicted molar refractivity (Wildman–Crippen MR) is 71.8 cm³/mol. The second-order valence-corrected chi connectivity index (χ2v) is 7.52. The maximum absolute atomic E-state index is 11.8. The van der Waals surface area contributed by atoms with E-state index in [-0.39, 0.29) is 18.7 Å². The summed E-state index contributed by atoms with van der Waals surface area (Å²) in [6, 6.07) is -0.418. The number of sulfone groups is 1. The summed E-state index contributed by atoms with van der Waals surface area (Å²) in [6.45, 7) is 3.54. The van der Waals surface area contributed by atoms with Gasteiger partial charge in [-0.1, -0.05) is 0 Å². The monoisotopic (exact) mass is 294 g/mol. The van der Waals surface area contributed by atoms with Crippen molar-refractivity contribution in [2.45, 2.75) is 32.2 Å². The van der Waals surface area contributed by atoms with Gasteiger partial charge in [0, 0.05) is 31.8 Å². The van der Waals surface area contributed by atoms with Crippen LogP contribution in [0.5, 0.6) is 0 Å². The summed E-state index contributed by atoms with van der Waals surface area (Å²) in [6.07, 6.45) is 1.36. The Labute approximate surface area is 113 Å². The molecule has 0 unspecified atom stereocenters. The van der Waals surface area contributed by atoms with Crippen LogP contribution in [0.25, 0.3) is 0 Å². The molecule has 0 heterocycles. The van der Waals surface area contributed by atoms with Gasteiger partial charge in [-0.05, 0) is 20.3 Å². The summed E-state index contributed by atoms with van der Waals surface area (Å²) in [4.78, 5) is 23.5. The number of carbonyl (C=O) groups excluding carboxylic acids is 1. The third kappa shape index (κ3) is 9.29. The van der Waals surface area contributed by atoms with E-state index < -0.39 is 27.4 Å². The third-order valence-electron chi connectivity index (χ3n) is 2.55. The first-order valence-corrected chi connectivity index (χ1v) is 7.92. The first kappa shape index (κ1) is 17.7. The van der Waals surface area contributed by atoms with Crippen molar-refractivity contribution in [3.05, 3.63) is 0 Å². The number of rotatable bonds is 7. The highest BCUT2D eigenvalue weighted by molar-refractivity contribution is 7.90. The molecule has 0 bridgehead atoms. The molecule has 0 spiro atoms. The van der Waals surface area contributed by atoms with Crippen molar-refractivity contribution >= 4 is 21.8 Å². The molecule has 0 aliphatic rings. The zero-order valence-corrected chi connectivity index (χ0v) is 12.6. The van der Waals surface area contributed by atoms with Crippen LogP contribution in [0.3, 0.4) is 0 Å². The molecule has 19 heavy (non-hydrogen) atoms. The molecule has 2 N–H and O–H groups in total. The van der Waals surface area contributed by atoms with Crippen molar-refractivity contribution in [2.24, 2.45) is 0 Å². The van der Waals surface area contributed by atoms with E-state index in [1.165, 1.54) is 11.9 Å². The fraction of sp³-hybridized carbons (Fsp3) is 0.818. The van der Waals surface area contributed by atoms with Gasteiger partial charge in [-0.15, -0.1) is 0 Å². The molecule has 0 saturated carbocycles. The molecule has 0 aliphatic heterocycles. The minimum absolute atomic E-state index is 0.0413. The van der Waals surface area contributed by atoms with Gasteiger partial charge >= 0.3 is 12.0 Å². The van der Waals surface area contributed by atoms with Gasteiger partial charge in [-0.25, -0.2) is 13.2 Å². The van der Waals surface area contributed by atoms with Crippen LogP contribution in [0.2, 0.25) is 0 Å². The molecule has 0 rings (SSSR count). The molecule has 2 amide bonds. The van der Waals surface area contributed by atoms with Gasteiger partial charge in [0.15, 0.2) is 0 Å². The second-order valence-electron chi connectivity index (χ2n) is 5.26. The lowest BCUT2D eigenvalue weighted by Crippen LogP contribution is -2.49. The molecule has 0 radical (unpaired) electrons. The number of carboxylic acid groups (broad SMARTS) is 1. The van der Waals surface area contributed by atoms with E-state index >= 15 is 0 Å². The van der Waals surface area contributed by atoms with Crippen molar-refractivity contribution in [1.29, 1.82) is 0 Å². The van der Waals surface area contributed by atoms with Crippen molar-refractivity contribution < 1.29 is 23.1 Å². The molecule has 8 heteroatoms. The van der Waals surface area contributed by atoms with Crippen molar-refractivity contribution in [3.8, 4) is 0 Å². The van der Waals surface area contributed by atoms with Gasteiger partial charge in [-0.2, -0.15) is 0 Å². The van der Waals surface area contributed by atoms with E-state index in [1.54, 1.807) is 13.8 Å². The topological polar surface area (TPSA) is 104 Å². The van der Waals surface area contributed by atoms with Gasteiger partial charge in [0.2, 0.25) is 0 Å². The molecule has 7 nitrogen and oxygen atoms in total. The Balaban J connectivity index is 4.31.